The zero-order valence-corrected chi connectivity index (χ0v) is 32.2. The minimum atomic E-state index is -0.674. The predicted octanol–water partition coefficient (Wildman–Crippen LogP) is 6.65. The van der Waals surface area contributed by atoms with Gasteiger partial charge in [-0.25, -0.2) is 4.98 Å². The maximum absolute atomic E-state index is 13.7. The highest BCUT2D eigenvalue weighted by Crippen LogP contribution is 2.37. The topological polar surface area (TPSA) is 137 Å². The van der Waals surface area contributed by atoms with Gasteiger partial charge in [-0.1, -0.05) is 41.9 Å². The van der Waals surface area contributed by atoms with E-state index in [4.69, 9.17) is 26.6 Å². The summed E-state index contributed by atoms with van der Waals surface area (Å²) in [7, 11) is 1.90. The predicted molar refractivity (Wildman–Crippen MR) is 213 cm³/mol. The second-order valence-corrected chi connectivity index (χ2v) is 16.0. The fourth-order valence-electron chi connectivity index (χ4n) is 8.85. The number of aromatic nitrogens is 4. The number of nitrogens with zero attached hydrogens (tertiary/aromatic N) is 6. The molecule has 0 bridgehead atoms. The average Bonchev–Trinajstić information content (AvgIpc) is 3.74. The van der Waals surface area contributed by atoms with E-state index in [1.165, 1.54) is 0 Å². The third-order valence-corrected chi connectivity index (χ3v) is 12.4. The molecule has 1 atom stereocenters. The quantitative estimate of drug-likeness (QED) is 0.143. The van der Waals surface area contributed by atoms with Gasteiger partial charge in [-0.05, 0) is 85.4 Å². The zero-order valence-electron chi connectivity index (χ0n) is 31.5. The van der Waals surface area contributed by atoms with Crippen LogP contribution in [0.2, 0.25) is 5.02 Å². The minimum Gasteiger partial charge on any atom is -0.481 e. The Hall–Kier alpha value is -4.68. The van der Waals surface area contributed by atoms with Crippen LogP contribution in [0, 0.1) is 18.8 Å². The van der Waals surface area contributed by atoms with Crippen LogP contribution in [0.3, 0.4) is 0 Å². The molecule has 3 N–H and O–H groups in total. The number of imidazole rings is 1. The van der Waals surface area contributed by atoms with Gasteiger partial charge in [0.2, 0.25) is 0 Å². The monoisotopic (exact) mass is 761 g/mol. The van der Waals surface area contributed by atoms with Crippen LogP contribution < -0.4 is 5.32 Å². The number of hydrogen-bond acceptors (Lipinski definition) is 8. The smallest absolute Gasteiger partial charge is 0.306 e. The van der Waals surface area contributed by atoms with Gasteiger partial charge in [-0.15, -0.1) is 0 Å². The Bertz CT molecular complexity index is 2250. The molecular weight excluding hydrogens is 714 g/mol. The first-order chi connectivity index (χ1) is 26.6. The first kappa shape index (κ1) is 37.3. The number of carbonyl (C=O) groups is 2. The number of halogens is 1. The van der Waals surface area contributed by atoms with Crippen LogP contribution in [0.25, 0.3) is 22.0 Å². The number of likely N-dealkylation sites (tertiary alicyclic amines) is 1. The van der Waals surface area contributed by atoms with Gasteiger partial charge in [0.05, 0.1) is 39.6 Å². The molecule has 8 rings (SSSR count). The minimum absolute atomic E-state index is 0.210. The zero-order chi connectivity index (χ0) is 38.2. The van der Waals surface area contributed by atoms with Crippen LogP contribution in [0.4, 0.5) is 5.69 Å². The van der Waals surface area contributed by atoms with Crippen molar-refractivity contribution in [2.24, 2.45) is 18.9 Å². The number of hydrogen-bond donors (Lipinski definition) is 3. The van der Waals surface area contributed by atoms with Crippen LogP contribution >= 0.6 is 11.6 Å². The molecule has 1 saturated carbocycles. The number of amides is 1. The maximum atomic E-state index is 13.7. The Labute approximate surface area is 326 Å². The summed E-state index contributed by atoms with van der Waals surface area (Å²) in [5.74, 6) is -0.349. The van der Waals surface area contributed by atoms with Gasteiger partial charge >= 0.3 is 5.97 Å². The molecule has 0 spiro atoms. The molecule has 12 heteroatoms. The van der Waals surface area contributed by atoms with Crippen LogP contribution in [0.15, 0.2) is 60.9 Å². The normalized spacial score (nSPS) is 20.5. The second-order valence-electron chi connectivity index (χ2n) is 15.7. The molecular formula is C43H48ClN7O4. The van der Waals surface area contributed by atoms with Crippen molar-refractivity contribution in [2.75, 3.05) is 31.5 Å². The number of aliphatic hydroxyl groups is 1. The average molecular weight is 762 g/mol. The molecule has 3 aromatic heterocycles. The number of fused-ring (bicyclic) bond motifs is 2. The molecule has 2 fully saturated rings. The van der Waals surface area contributed by atoms with E-state index in [1.54, 1.807) is 0 Å². The van der Waals surface area contributed by atoms with Crippen LogP contribution in [0.5, 0.6) is 0 Å². The first-order valence-corrected chi connectivity index (χ1v) is 19.8. The number of aliphatic carboxylic acids is 1. The molecule has 1 saturated heterocycles. The summed E-state index contributed by atoms with van der Waals surface area (Å²) in [5, 5.41) is 23.9. The third kappa shape index (κ3) is 7.89. The van der Waals surface area contributed by atoms with Crippen molar-refractivity contribution < 1.29 is 19.8 Å². The Morgan fingerprint density at radius 3 is 2.56 bits per heavy atom. The summed E-state index contributed by atoms with van der Waals surface area (Å²) < 4.78 is 1.90. The Balaban J connectivity index is 0.959. The van der Waals surface area contributed by atoms with Gasteiger partial charge in [-0.3, -0.25) is 29.4 Å². The summed E-state index contributed by atoms with van der Waals surface area (Å²) in [6.45, 7) is 6.94. The highest BCUT2D eigenvalue weighted by molar-refractivity contribution is 6.36. The fourth-order valence-corrected chi connectivity index (χ4v) is 9.13. The fraction of sp³-hybridized carbons (Fsp3) is 0.419. The molecule has 1 aliphatic carbocycles. The lowest BCUT2D eigenvalue weighted by molar-refractivity contribution is -0.143. The van der Waals surface area contributed by atoms with Gasteiger partial charge < -0.3 is 20.1 Å². The van der Waals surface area contributed by atoms with Crippen LogP contribution in [-0.4, -0.2) is 83.7 Å². The lowest BCUT2D eigenvalue weighted by atomic mass is 9.81. The number of anilines is 1. The Kier molecular flexibility index (Phi) is 10.7. The van der Waals surface area contributed by atoms with E-state index in [9.17, 15) is 19.8 Å². The van der Waals surface area contributed by atoms with Crippen molar-refractivity contribution in [3.8, 4) is 11.1 Å². The molecule has 55 heavy (non-hydrogen) atoms. The van der Waals surface area contributed by atoms with E-state index in [0.717, 1.165) is 121 Å². The number of carboxylic acids is 1. The molecule has 0 unspecified atom stereocenters. The molecule has 286 valence electrons. The maximum Gasteiger partial charge on any atom is 0.306 e. The van der Waals surface area contributed by atoms with Crippen molar-refractivity contribution in [3.05, 3.63) is 106 Å². The van der Waals surface area contributed by atoms with Gasteiger partial charge in [0.15, 0.2) is 5.82 Å². The van der Waals surface area contributed by atoms with Crippen molar-refractivity contribution in [1.29, 1.82) is 0 Å². The molecule has 3 aliphatic rings. The van der Waals surface area contributed by atoms with E-state index >= 15 is 0 Å². The van der Waals surface area contributed by atoms with Crippen molar-refractivity contribution in [1.82, 2.24) is 29.3 Å². The number of benzene rings is 2. The summed E-state index contributed by atoms with van der Waals surface area (Å²) in [6, 6.07) is 16.1. The number of carbonyl (C=O) groups excluding carboxylic acids is 1. The van der Waals surface area contributed by atoms with E-state index in [2.05, 4.69) is 40.2 Å². The number of aliphatic hydroxyl groups excluding tert-OH is 1. The van der Waals surface area contributed by atoms with Gasteiger partial charge in [-0.2, -0.15) is 0 Å². The number of rotatable bonds is 10. The number of nitrogens with one attached hydrogen (secondary N) is 1. The second kappa shape index (κ2) is 15.8. The standard InChI is InChI=1S/C43H48ClN7O4/c1-26-30(20-36-40-31(13-16-45-36)19-28(21-46-40)23-50-17-14-32(52)24-50)5-3-6-33(26)34-7-4-8-35(39(34)44)48-42(53)41-47-37-25-51(18-15-38(37)49(41)2)22-27-9-11-29(12-10-27)43(54)55/h3-8,13,16,19,21,27,29,32,52H,9-12,14-15,17-18,20,22-25H2,1-2H3,(H,48,53)(H,54,55)/t27?,29?,32-/m1/s1. The van der Waals surface area contributed by atoms with Crippen LogP contribution in [-0.2, 0) is 37.8 Å². The van der Waals surface area contributed by atoms with E-state index in [-0.39, 0.29) is 17.9 Å². The summed E-state index contributed by atoms with van der Waals surface area (Å²) >= 11 is 7.08. The number of pyridine rings is 2. The molecule has 2 aromatic carbocycles. The largest absolute Gasteiger partial charge is 0.481 e. The Morgan fingerprint density at radius 2 is 1.78 bits per heavy atom. The van der Waals surface area contributed by atoms with Gasteiger partial charge in [0.25, 0.3) is 5.91 Å². The first-order valence-electron chi connectivity index (χ1n) is 19.4. The summed E-state index contributed by atoms with van der Waals surface area (Å²) in [5.41, 5.74) is 9.41. The number of carboxylic acid groups (broad SMARTS) is 1. The summed E-state index contributed by atoms with van der Waals surface area (Å²) in [6.07, 6.45) is 9.10. The van der Waals surface area contributed by atoms with E-state index in [0.29, 0.717) is 42.0 Å². The van der Waals surface area contributed by atoms with Crippen molar-refractivity contribution in [2.45, 2.75) is 71.1 Å². The molecule has 1 amide bonds. The lowest BCUT2D eigenvalue weighted by Gasteiger charge is -2.33. The molecule has 5 heterocycles. The highest BCUT2D eigenvalue weighted by atomic mass is 35.5. The Morgan fingerprint density at radius 1 is 0.982 bits per heavy atom. The van der Waals surface area contributed by atoms with E-state index in [1.807, 2.05) is 54.3 Å². The molecule has 11 nitrogen and oxygen atoms in total. The van der Waals surface area contributed by atoms with Crippen molar-refractivity contribution in [3.63, 3.8) is 0 Å². The van der Waals surface area contributed by atoms with Gasteiger partial charge in [0, 0.05) is 88.2 Å². The molecule has 5 aromatic rings. The number of β-amino-alcohol motifs (C(OH)–C–C–N with tert-alkyl or cyclic N) is 1. The molecule has 0 radical (unpaired) electrons. The molecule has 2 aliphatic heterocycles. The SMILES string of the molecule is Cc1c(Cc2nccc3cc(CN4CC[C@@H](O)C4)cnc23)cccc1-c1cccc(NC(=O)c2nc3c(n2C)CCN(CC2CCC(C(=O)O)CC2)C3)c1Cl. The third-order valence-electron chi connectivity index (χ3n) is 12.0. The van der Waals surface area contributed by atoms with Gasteiger partial charge in [0.1, 0.15) is 0 Å². The highest BCUT2D eigenvalue weighted by Gasteiger charge is 2.30. The lowest BCUT2D eigenvalue weighted by Crippen LogP contribution is -2.36. The summed E-state index contributed by atoms with van der Waals surface area (Å²) in [4.78, 5) is 44.2. The van der Waals surface area contributed by atoms with Crippen LogP contribution in [0.1, 0.15) is 76.5 Å². The van der Waals surface area contributed by atoms with E-state index < -0.39 is 5.97 Å². The van der Waals surface area contributed by atoms with Crippen molar-refractivity contribution >= 4 is 40.1 Å².